The van der Waals surface area contributed by atoms with E-state index in [1.54, 1.807) is 18.2 Å². The molecular weight excluding hydrogens is 294 g/mol. The third kappa shape index (κ3) is 5.70. The van der Waals surface area contributed by atoms with Crippen LogP contribution in [0.25, 0.3) is 0 Å². The summed E-state index contributed by atoms with van der Waals surface area (Å²) in [5.74, 6) is 0.271. The summed E-state index contributed by atoms with van der Waals surface area (Å²) < 4.78 is 5.47. The molecule has 2 aromatic carbocycles. The molecule has 2 aromatic rings. The SMILES string of the molecule is NC(=O)c1cccc(CNC(=O)NCCOc2ccccc2)c1. The van der Waals surface area contributed by atoms with Crippen LogP contribution in [0.5, 0.6) is 5.75 Å². The Kier molecular flexibility index (Phi) is 5.99. The van der Waals surface area contributed by atoms with Gasteiger partial charge in [0.1, 0.15) is 12.4 Å². The zero-order valence-electron chi connectivity index (χ0n) is 12.6. The number of urea groups is 1. The molecule has 6 heteroatoms. The van der Waals surface area contributed by atoms with E-state index in [9.17, 15) is 9.59 Å². The number of amides is 3. The number of carbonyl (C=O) groups excluding carboxylic acids is 2. The van der Waals surface area contributed by atoms with Crippen LogP contribution in [-0.4, -0.2) is 25.1 Å². The maximum absolute atomic E-state index is 11.7. The first-order valence-corrected chi connectivity index (χ1v) is 7.23. The molecule has 4 N–H and O–H groups in total. The van der Waals surface area contributed by atoms with E-state index in [1.165, 1.54) is 0 Å². The van der Waals surface area contributed by atoms with Gasteiger partial charge in [0.15, 0.2) is 0 Å². The van der Waals surface area contributed by atoms with E-state index in [0.717, 1.165) is 11.3 Å². The van der Waals surface area contributed by atoms with Crippen molar-refractivity contribution >= 4 is 11.9 Å². The zero-order chi connectivity index (χ0) is 16.5. The van der Waals surface area contributed by atoms with Crippen molar-refractivity contribution in [1.82, 2.24) is 10.6 Å². The monoisotopic (exact) mass is 313 g/mol. The summed E-state index contributed by atoms with van der Waals surface area (Å²) in [5, 5.41) is 5.40. The number of primary amides is 1. The summed E-state index contributed by atoms with van der Waals surface area (Å²) in [5.41, 5.74) is 6.44. The Morgan fingerprint density at radius 1 is 1.00 bits per heavy atom. The second-order valence-corrected chi connectivity index (χ2v) is 4.84. The number of para-hydroxylation sites is 1. The molecule has 0 saturated heterocycles. The predicted octanol–water partition coefficient (Wildman–Crippen LogP) is 1.66. The first-order chi connectivity index (χ1) is 11.1. The van der Waals surface area contributed by atoms with Gasteiger partial charge in [-0.3, -0.25) is 4.79 Å². The van der Waals surface area contributed by atoms with E-state index in [2.05, 4.69) is 10.6 Å². The number of nitrogens with two attached hydrogens (primary N) is 1. The molecule has 6 nitrogen and oxygen atoms in total. The molecule has 120 valence electrons. The molecule has 0 saturated carbocycles. The van der Waals surface area contributed by atoms with Gasteiger partial charge in [-0.2, -0.15) is 0 Å². The van der Waals surface area contributed by atoms with Crippen LogP contribution in [-0.2, 0) is 6.54 Å². The third-order valence-corrected chi connectivity index (χ3v) is 3.06. The standard InChI is InChI=1S/C17H19N3O3/c18-16(21)14-6-4-5-13(11-14)12-20-17(22)19-9-10-23-15-7-2-1-3-8-15/h1-8,11H,9-10,12H2,(H2,18,21)(H2,19,20,22). The van der Waals surface area contributed by atoms with Gasteiger partial charge >= 0.3 is 6.03 Å². The summed E-state index contributed by atoms with van der Waals surface area (Å²) in [6.45, 7) is 1.09. The van der Waals surface area contributed by atoms with Crippen molar-refractivity contribution in [2.24, 2.45) is 5.73 Å². The highest BCUT2D eigenvalue weighted by Crippen LogP contribution is 2.07. The molecule has 0 aromatic heterocycles. The van der Waals surface area contributed by atoms with E-state index in [0.29, 0.717) is 25.3 Å². The molecule has 0 spiro atoms. The fourth-order valence-electron chi connectivity index (χ4n) is 1.93. The smallest absolute Gasteiger partial charge is 0.315 e. The highest BCUT2D eigenvalue weighted by molar-refractivity contribution is 5.92. The number of carbonyl (C=O) groups is 2. The predicted molar refractivity (Wildman–Crippen MR) is 87.1 cm³/mol. The average Bonchev–Trinajstić information content (AvgIpc) is 2.58. The minimum atomic E-state index is -0.491. The van der Waals surface area contributed by atoms with Crippen LogP contribution in [0.1, 0.15) is 15.9 Å². The number of hydrogen-bond acceptors (Lipinski definition) is 3. The maximum atomic E-state index is 11.7. The van der Waals surface area contributed by atoms with Gasteiger partial charge in [-0.15, -0.1) is 0 Å². The third-order valence-electron chi connectivity index (χ3n) is 3.06. The first kappa shape index (κ1) is 16.4. The lowest BCUT2D eigenvalue weighted by Crippen LogP contribution is -2.37. The lowest BCUT2D eigenvalue weighted by molar-refractivity contribution is 0.1000. The Morgan fingerprint density at radius 2 is 1.78 bits per heavy atom. The highest BCUT2D eigenvalue weighted by Gasteiger charge is 2.03. The lowest BCUT2D eigenvalue weighted by atomic mass is 10.1. The molecule has 0 fully saturated rings. The van der Waals surface area contributed by atoms with Crippen molar-refractivity contribution in [3.63, 3.8) is 0 Å². The first-order valence-electron chi connectivity index (χ1n) is 7.23. The van der Waals surface area contributed by atoms with Crippen molar-refractivity contribution in [1.29, 1.82) is 0 Å². The van der Waals surface area contributed by atoms with E-state index < -0.39 is 5.91 Å². The van der Waals surface area contributed by atoms with Gasteiger partial charge in [-0.1, -0.05) is 30.3 Å². The molecular formula is C17H19N3O3. The molecule has 23 heavy (non-hydrogen) atoms. The Hall–Kier alpha value is -3.02. The average molecular weight is 313 g/mol. The topological polar surface area (TPSA) is 93.5 Å². The van der Waals surface area contributed by atoms with E-state index in [1.807, 2.05) is 36.4 Å². The molecule has 0 bridgehead atoms. The van der Waals surface area contributed by atoms with Gasteiger partial charge in [0, 0.05) is 12.1 Å². The maximum Gasteiger partial charge on any atom is 0.315 e. The van der Waals surface area contributed by atoms with Crippen molar-refractivity contribution in [3.8, 4) is 5.75 Å². The summed E-state index contributed by atoms with van der Waals surface area (Å²) in [7, 11) is 0. The van der Waals surface area contributed by atoms with Gasteiger partial charge in [0.2, 0.25) is 5.91 Å². The van der Waals surface area contributed by atoms with Gasteiger partial charge in [-0.05, 0) is 29.8 Å². The lowest BCUT2D eigenvalue weighted by Gasteiger charge is -2.09. The normalized spacial score (nSPS) is 9.91. The summed E-state index contributed by atoms with van der Waals surface area (Å²) >= 11 is 0. The Balaban J connectivity index is 1.67. The van der Waals surface area contributed by atoms with Crippen molar-refractivity contribution in [3.05, 3.63) is 65.7 Å². The fraction of sp³-hybridized carbons (Fsp3) is 0.176. The highest BCUT2D eigenvalue weighted by atomic mass is 16.5. The van der Waals surface area contributed by atoms with Crippen molar-refractivity contribution < 1.29 is 14.3 Å². The van der Waals surface area contributed by atoms with Crippen LogP contribution >= 0.6 is 0 Å². The molecule has 0 atom stereocenters. The fourth-order valence-corrected chi connectivity index (χ4v) is 1.93. The van der Waals surface area contributed by atoms with Crippen LogP contribution in [0.2, 0.25) is 0 Å². The number of hydrogen-bond donors (Lipinski definition) is 3. The zero-order valence-corrected chi connectivity index (χ0v) is 12.6. The van der Waals surface area contributed by atoms with Gasteiger partial charge < -0.3 is 21.1 Å². The van der Waals surface area contributed by atoms with Gasteiger partial charge in [0.05, 0.1) is 6.54 Å². The largest absolute Gasteiger partial charge is 0.492 e. The quantitative estimate of drug-likeness (QED) is 0.679. The summed E-state index contributed by atoms with van der Waals surface area (Å²) in [6, 6.07) is 15.9. The molecule has 3 amide bonds. The van der Waals surface area contributed by atoms with Gasteiger partial charge in [-0.25, -0.2) is 4.79 Å². The Bertz CT molecular complexity index is 659. The van der Waals surface area contributed by atoms with Crippen LogP contribution in [0, 0.1) is 0 Å². The summed E-state index contributed by atoms with van der Waals surface area (Å²) in [6.07, 6.45) is 0. The number of ether oxygens (including phenoxy) is 1. The molecule has 0 aliphatic heterocycles. The number of nitrogens with one attached hydrogen (secondary N) is 2. The van der Waals surface area contributed by atoms with Crippen LogP contribution in [0.4, 0.5) is 4.79 Å². The van der Waals surface area contributed by atoms with E-state index in [4.69, 9.17) is 10.5 Å². The number of rotatable bonds is 7. The molecule has 2 rings (SSSR count). The number of benzene rings is 2. The minimum Gasteiger partial charge on any atom is -0.492 e. The Labute approximate surface area is 134 Å². The van der Waals surface area contributed by atoms with Crippen LogP contribution in [0.15, 0.2) is 54.6 Å². The molecule has 0 aliphatic carbocycles. The molecule has 0 radical (unpaired) electrons. The molecule has 0 unspecified atom stereocenters. The second kappa shape index (κ2) is 8.43. The minimum absolute atomic E-state index is 0.300. The van der Waals surface area contributed by atoms with Crippen LogP contribution < -0.4 is 21.1 Å². The van der Waals surface area contributed by atoms with E-state index >= 15 is 0 Å². The molecule has 0 heterocycles. The van der Waals surface area contributed by atoms with Crippen LogP contribution in [0.3, 0.4) is 0 Å². The molecule has 0 aliphatic rings. The summed E-state index contributed by atoms with van der Waals surface area (Å²) in [4.78, 5) is 22.8. The van der Waals surface area contributed by atoms with Gasteiger partial charge in [0.25, 0.3) is 0 Å². The van der Waals surface area contributed by atoms with Crippen molar-refractivity contribution in [2.45, 2.75) is 6.54 Å². The Morgan fingerprint density at radius 3 is 2.52 bits per heavy atom. The van der Waals surface area contributed by atoms with Crippen molar-refractivity contribution in [2.75, 3.05) is 13.2 Å². The second-order valence-electron chi connectivity index (χ2n) is 4.84. The van der Waals surface area contributed by atoms with E-state index in [-0.39, 0.29) is 6.03 Å².